The summed E-state index contributed by atoms with van der Waals surface area (Å²) in [5, 5.41) is 0.928. The van der Waals surface area contributed by atoms with Crippen molar-refractivity contribution in [2.24, 2.45) is 10.1 Å². The van der Waals surface area contributed by atoms with Crippen molar-refractivity contribution in [3.63, 3.8) is 0 Å². The molecule has 0 aromatic carbocycles. The first-order chi connectivity index (χ1) is 7.25. The molecule has 0 aromatic rings. The van der Waals surface area contributed by atoms with Gasteiger partial charge in [-0.2, -0.15) is 4.40 Å². The Balaban J connectivity index is 0.000000722. The summed E-state index contributed by atoms with van der Waals surface area (Å²) in [6, 6.07) is 0. The highest BCUT2D eigenvalue weighted by atomic mass is 35.5. The predicted molar refractivity (Wildman–Crippen MR) is 73.9 cm³/mol. The van der Waals surface area contributed by atoms with Gasteiger partial charge in [0, 0.05) is 23.2 Å². The van der Waals surface area contributed by atoms with E-state index in [9.17, 15) is 4.79 Å². The lowest BCUT2D eigenvalue weighted by Crippen LogP contribution is -2.28. The van der Waals surface area contributed by atoms with Crippen LogP contribution in [0.4, 0.5) is 0 Å². The normalized spacial score (nSPS) is 18.9. The minimum Gasteiger partial charge on any atom is -0.366 e. The average molecular weight is 290 g/mol. The van der Waals surface area contributed by atoms with E-state index < -0.39 is 5.91 Å². The number of hydrogen-bond acceptors (Lipinski definition) is 4. The maximum absolute atomic E-state index is 11.1. The first-order valence-corrected chi connectivity index (χ1v) is 5.20. The molecule has 0 aromatic heterocycles. The van der Waals surface area contributed by atoms with Gasteiger partial charge in [0.1, 0.15) is 10.9 Å². The Morgan fingerprint density at radius 1 is 1.35 bits per heavy atom. The second kappa shape index (κ2) is 5.00. The van der Waals surface area contributed by atoms with Crippen molar-refractivity contribution < 1.29 is 4.79 Å². The summed E-state index contributed by atoms with van der Waals surface area (Å²) in [5.41, 5.74) is 6.72. The number of nitrogens with zero attached hydrogens (tertiary/aromatic N) is 2. The molecule has 7 heteroatoms. The topological polar surface area (TPSA) is 58.7 Å². The molecule has 2 N–H and O–H groups in total. The van der Waals surface area contributed by atoms with Crippen molar-refractivity contribution in [3.8, 4) is 0 Å². The summed E-state index contributed by atoms with van der Waals surface area (Å²) >= 11 is 1.36. The first-order valence-electron chi connectivity index (χ1n) is 4.42. The minimum atomic E-state index is -0.411. The van der Waals surface area contributed by atoms with Crippen LogP contribution in [-0.2, 0) is 4.79 Å². The highest BCUT2D eigenvalue weighted by Crippen LogP contribution is 2.38. The molecule has 0 fully saturated rings. The molecule has 1 amide bonds. The van der Waals surface area contributed by atoms with Crippen LogP contribution in [0, 0.1) is 0 Å². The number of primary amides is 1. The Morgan fingerprint density at radius 2 is 2.12 bits per heavy atom. The van der Waals surface area contributed by atoms with Crippen LogP contribution in [-0.4, -0.2) is 16.6 Å². The smallest absolute Gasteiger partial charge is 0.248 e. The molecule has 17 heavy (non-hydrogen) atoms. The van der Waals surface area contributed by atoms with Crippen LogP contribution in [0.2, 0.25) is 0 Å². The van der Waals surface area contributed by atoms with Crippen molar-refractivity contribution in [1.29, 1.82) is 0 Å². The van der Waals surface area contributed by atoms with E-state index in [2.05, 4.69) is 4.40 Å². The van der Waals surface area contributed by atoms with Crippen LogP contribution in [0.3, 0.4) is 0 Å². The monoisotopic (exact) mass is 289 g/mol. The van der Waals surface area contributed by atoms with E-state index >= 15 is 0 Å². The van der Waals surface area contributed by atoms with Gasteiger partial charge in [-0.05, 0) is 24.3 Å². The molecular formula is C10H9Cl2N3OS. The van der Waals surface area contributed by atoms with Gasteiger partial charge in [0.2, 0.25) is 5.91 Å². The van der Waals surface area contributed by atoms with Gasteiger partial charge in [-0.25, -0.2) is 0 Å². The second-order valence-electron chi connectivity index (χ2n) is 3.27. The number of amides is 1. The van der Waals surface area contributed by atoms with Gasteiger partial charge in [-0.15, -0.1) is 24.8 Å². The number of allylic oxidation sites excluding steroid dienone is 3. The van der Waals surface area contributed by atoms with Crippen LogP contribution in [0.25, 0.3) is 0 Å². The zero-order valence-electron chi connectivity index (χ0n) is 8.49. The van der Waals surface area contributed by atoms with Gasteiger partial charge >= 0.3 is 0 Å². The van der Waals surface area contributed by atoms with Crippen LogP contribution in [0.1, 0.15) is 0 Å². The van der Waals surface area contributed by atoms with E-state index in [1.807, 2.05) is 23.1 Å². The van der Waals surface area contributed by atoms with Crippen molar-refractivity contribution in [2.45, 2.75) is 0 Å². The largest absolute Gasteiger partial charge is 0.366 e. The highest BCUT2D eigenvalue weighted by Gasteiger charge is 2.29. The number of hydrogen-bond donors (Lipinski definition) is 1. The van der Waals surface area contributed by atoms with Crippen LogP contribution < -0.4 is 5.73 Å². The summed E-state index contributed by atoms with van der Waals surface area (Å²) < 4.78 is 4.27. The highest BCUT2D eigenvalue weighted by molar-refractivity contribution is 8.02. The Hall–Kier alpha value is -1.17. The third kappa shape index (κ3) is 2.13. The second-order valence-corrected chi connectivity index (χ2v) is 4.06. The van der Waals surface area contributed by atoms with Gasteiger partial charge < -0.3 is 5.73 Å². The number of halogens is 2. The zero-order chi connectivity index (χ0) is 10.4. The lowest BCUT2D eigenvalue weighted by atomic mass is 10.1. The number of amidine groups is 1. The SMILES string of the molecule is Cl.Cl.NC(=O)C1=CC2=CC=CC3=NSC(=C1)N23. The number of carbonyl (C=O) groups is 1. The Kier molecular flexibility index (Phi) is 4.08. The van der Waals surface area contributed by atoms with E-state index in [4.69, 9.17) is 5.73 Å². The summed E-state index contributed by atoms with van der Waals surface area (Å²) in [7, 11) is 0. The van der Waals surface area contributed by atoms with Gasteiger partial charge in [-0.1, -0.05) is 6.08 Å². The molecule has 0 bridgehead atoms. The van der Waals surface area contributed by atoms with E-state index in [-0.39, 0.29) is 24.8 Å². The molecular weight excluding hydrogens is 281 g/mol. The lowest BCUT2D eigenvalue weighted by molar-refractivity contribution is -0.114. The van der Waals surface area contributed by atoms with Crippen molar-refractivity contribution in [3.05, 3.63) is 46.7 Å². The predicted octanol–water partition coefficient (Wildman–Crippen LogP) is 1.91. The third-order valence-corrected chi connectivity index (χ3v) is 3.09. The fourth-order valence-electron chi connectivity index (χ4n) is 1.64. The number of rotatable bonds is 1. The molecule has 3 rings (SSSR count). The van der Waals surface area contributed by atoms with Crippen LogP contribution >= 0.6 is 36.8 Å². The van der Waals surface area contributed by atoms with Gasteiger partial charge in [0.05, 0.1) is 0 Å². The maximum atomic E-state index is 11.1. The minimum absolute atomic E-state index is 0. The van der Waals surface area contributed by atoms with Gasteiger partial charge in [0.15, 0.2) is 0 Å². The molecule has 0 radical (unpaired) electrons. The van der Waals surface area contributed by atoms with Crippen molar-refractivity contribution >= 4 is 48.5 Å². The molecule has 0 spiro atoms. The molecule has 0 aliphatic carbocycles. The number of carbonyl (C=O) groups excluding carboxylic acids is 1. The summed E-state index contributed by atoms with van der Waals surface area (Å²) in [6.45, 7) is 0. The maximum Gasteiger partial charge on any atom is 0.248 e. The molecule has 3 heterocycles. The lowest BCUT2D eigenvalue weighted by Gasteiger charge is -2.26. The molecule has 3 aliphatic heterocycles. The molecule has 0 saturated heterocycles. The Bertz CT molecular complexity index is 520. The third-order valence-electron chi connectivity index (χ3n) is 2.32. The van der Waals surface area contributed by atoms with Crippen molar-refractivity contribution in [1.82, 2.24) is 4.90 Å². The zero-order valence-corrected chi connectivity index (χ0v) is 10.9. The molecule has 0 unspecified atom stereocenters. The molecule has 4 nitrogen and oxygen atoms in total. The first kappa shape index (κ1) is 13.9. The fourth-order valence-corrected chi connectivity index (χ4v) is 2.43. The fraction of sp³-hybridized carbons (Fsp3) is 0. The standard InChI is InChI=1S/C10H7N3OS.2ClH/c11-10(14)6-4-7-2-1-3-8-12-15-9(5-6)13(7)8;;/h1-5H,(H2,11,14);2*1H. The van der Waals surface area contributed by atoms with E-state index in [0.29, 0.717) is 5.57 Å². The Morgan fingerprint density at radius 3 is 2.82 bits per heavy atom. The van der Waals surface area contributed by atoms with E-state index in [1.165, 1.54) is 11.9 Å². The van der Waals surface area contributed by atoms with Crippen LogP contribution in [0.5, 0.6) is 0 Å². The number of nitrogens with two attached hydrogens (primary N) is 1. The Labute approximate surface area is 115 Å². The summed E-state index contributed by atoms with van der Waals surface area (Å²) in [4.78, 5) is 13.1. The van der Waals surface area contributed by atoms with Crippen LogP contribution in [0.15, 0.2) is 51.1 Å². The summed E-state index contributed by atoms with van der Waals surface area (Å²) in [5.74, 6) is 0.482. The molecule has 90 valence electrons. The quantitative estimate of drug-likeness (QED) is 0.750. The molecule has 3 aliphatic rings. The van der Waals surface area contributed by atoms with Gasteiger partial charge in [0.25, 0.3) is 0 Å². The van der Waals surface area contributed by atoms with Gasteiger partial charge in [-0.3, -0.25) is 9.69 Å². The molecule has 0 atom stereocenters. The van der Waals surface area contributed by atoms with E-state index in [0.717, 1.165) is 16.6 Å². The van der Waals surface area contributed by atoms with Crippen molar-refractivity contribution in [2.75, 3.05) is 0 Å². The summed E-state index contributed by atoms with van der Waals surface area (Å²) in [6.07, 6.45) is 9.31. The molecule has 0 saturated carbocycles. The average Bonchev–Trinajstić information content (AvgIpc) is 2.64. The van der Waals surface area contributed by atoms with E-state index in [1.54, 1.807) is 12.2 Å².